The van der Waals surface area contributed by atoms with E-state index in [2.05, 4.69) is 57.6 Å². The smallest absolute Gasteiger partial charge is 0.227 e. The minimum absolute atomic E-state index is 0.0880. The number of thiazole rings is 1. The monoisotopic (exact) mass is 341 g/mol. The summed E-state index contributed by atoms with van der Waals surface area (Å²) >= 11 is 1.49. The Bertz CT molecular complexity index is 813. The van der Waals surface area contributed by atoms with Crippen LogP contribution < -0.4 is 10.6 Å². The second-order valence-electron chi connectivity index (χ2n) is 5.45. The first-order valence-electron chi connectivity index (χ1n) is 7.63. The van der Waals surface area contributed by atoms with E-state index in [-0.39, 0.29) is 6.61 Å². The van der Waals surface area contributed by atoms with Crippen molar-refractivity contribution in [3.8, 4) is 10.7 Å². The van der Waals surface area contributed by atoms with Gasteiger partial charge in [-0.05, 0) is 43.2 Å². The highest BCUT2D eigenvalue weighted by atomic mass is 32.1. The molecule has 2 heterocycles. The van der Waals surface area contributed by atoms with Crippen molar-refractivity contribution in [3.63, 3.8) is 0 Å². The number of aliphatic hydroxyl groups is 1. The van der Waals surface area contributed by atoms with E-state index in [4.69, 9.17) is 5.11 Å². The van der Waals surface area contributed by atoms with Gasteiger partial charge in [-0.3, -0.25) is 0 Å². The van der Waals surface area contributed by atoms with Crippen LogP contribution in [0.25, 0.3) is 10.7 Å². The maximum absolute atomic E-state index is 8.86. The number of nitrogens with one attached hydrogen (secondary N) is 2. The molecule has 0 spiro atoms. The van der Waals surface area contributed by atoms with Gasteiger partial charge in [-0.25, -0.2) is 15.0 Å². The van der Waals surface area contributed by atoms with E-state index in [0.717, 1.165) is 21.4 Å². The molecule has 1 aromatic carbocycles. The fourth-order valence-corrected chi connectivity index (χ4v) is 3.18. The van der Waals surface area contributed by atoms with Crippen molar-refractivity contribution in [3.05, 3.63) is 47.8 Å². The molecule has 124 valence electrons. The van der Waals surface area contributed by atoms with Gasteiger partial charge in [-0.1, -0.05) is 17.4 Å². The van der Waals surface area contributed by atoms with Gasteiger partial charge in [0.15, 0.2) is 0 Å². The molecule has 7 heteroatoms. The van der Waals surface area contributed by atoms with Crippen molar-refractivity contribution in [2.75, 3.05) is 23.8 Å². The molecule has 0 aliphatic rings. The molecule has 3 N–H and O–H groups in total. The summed E-state index contributed by atoms with van der Waals surface area (Å²) in [5, 5.41) is 16.9. The Labute approximate surface area is 144 Å². The Hall–Kier alpha value is -2.51. The Morgan fingerprint density at radius 3 is 2.67 bits per heavy atom. The lowest BCUT2D eigenvalue weighted by molar-refractivity contribution is 0.311. The Kier molecular flexibility index (Phi) is 5.02. The van der Waals surface area contributed by atoms with Crippen molar-refractivity contribution in [1.82, 2.24) is 15.0 Å². The van der Waals surface area contributed by atoms with Gasteiger partial charge in [0.25, 0.3) is 0 Å². The summed E-state index contributed by atoms with van der Waals surface area (Å²) in [5.41, 5.74) is 4.11. The first-order valence-corrected chi connectivity index (χ1v) is 8.45. The number of hydrogen-bond donors (Lipinski definition) is 3. The lowest BCUT2D eigenvalue weighted by Crippen LogP contribution is -2.03. The Balaban J connectivity index is 1.80. The van der Waals surface area contributed by atoms with Gasteiger partial charge in [0.2, 0.25) is 5.95 Å². The third kappa shape index (κ3) is 4.06. The zero-order chi connectivity index (χ0) is 16.9. The van der Waals surface area contributed by atoms with Crippen LogP contribution in [0, 0.1) is 13.8 Å². The van der Waals surface area contributed by atoms with Crippen LogP contribution in [0.1, 0.15) is 11.1 Å². The Morgan fingerprint density at radius 1 is 1.12 bits per heavy atom. The van der Waals surface area contributed by atoms with Gasteiger partial charge in [0.1, 0.15) is 15.7 Å². The highest BCUT2D eigenvalue weighted by Crippen LogP contribution is 2.27. The minimum Gasteiger partial charge on any atom is -0.395 e. The van der Waals surface area contributed by atoms with E-state index in [9.17, 15) is 0 Å². The summed E-state index contributed by atoms with van der Waals surface area (Å²) in [5.74, 6) is 0.539. The molecule has 0 aliphatic carbocycles. The summed E-state index contributed by atoms with van der Waals surface area (Å²) < 4.78 is 0. The summed E-state index contributed by atoms with van der Waals surface area (Å²) in [4.78, 5) is 13.2. The molecule has 0 bridgehead atoms. The number of aryl methyl sites for hydroxylation is 2. The van der Waals surface area contributed by atoms with Gasteiger partial charge in [-0.15, -0.1) is 0 Å². The summed E-state index contributed by atoms with van der Waals surface area (Å²) in [6, 6.07) is 8.08. The van der Waals surface area contributed by atoms with Crippen LogP contribution in [0.15, 0.2) is 36.7 Å². The van der Waals surface area contributed by atoms with Gasteiger partial charge in [0.05, 0.1) is 12.8 Å². The first-order chi connectivity index (χ1) is 11.6. The second-order valence-corrected chi connectivity index (χ2v) is 6.48. The number of aliphatic hydroxyl groups excluding tert-OH is 1. The number of nitrogens with zero attached hydrogens (tertiary/aromatic N) is 3. The number of hydrogen-bond acceptors (Lipinski definition) is 7. The van der Waals surface area contributed by atoms with Crippen LogP contribution in [0.5, 0.6) is 0 Å². The molecule has 0 radical (unpaired) electrons. The molecular weight excluding hydrogens is 322 g/mol. The van der Waals surface area contributed by atoms with Gasteiger partial charge in [-0.2, -0.15) is 0 Å². The lowest BCUT2D eigenvalue weighted by Gasteiger charge is -2.07. The zero-order valence-electron chi connectivity index (χ0n) is 13.6. The molecule has 0 saturated carbocycles. The summed E-state index contributed by atoms with van der Waals surface area (Å²) in [6.07, 6.45) is 3.46. The van der Waals surface area contributed by atoms with Crippen LogP contribution in [0.4, 0.5) is 16.6 Å². The van der Waals surface area contributed by atoms with Crippen molar-refractivity contribution in [1.29, 1.82) is 0 Å². The normalized spacial score (nSPS) is 10.6. The van der Waals surface area contributed by atoms with Gasteiger partial charge in [0, 0.05) is 18.4 Å². The average Bonchev–Trinajstić information content (AvgIpc) is 3.01. The second kappa shape index (κ2) is 7.37. The number of aromatic nitrogens is 3. The third-order valence-corrected chi connectivity index (χ3v) is 4.25. The van der Waals surface area contributed by atoms with Crippen LogP contribution >= 0.6 is 11.3 Å². The predicted octanol–water partition coefficient (Wildman–Crippen LogP) is 3.36. The standard InChI is InChI=1S/C17H19N5OS/c1-11-7-12(2)9-13(8-11)21-17-19-4-3-14(22-17)16-20-10-15(24-16)18-5-6-23/h3-4,7-10,18,23H,5-6H2,1-2H3,(H,19,21,22). The topological polar surface area (TPSA) is 83.0 Å². The average molecular weight is 341 g/mol. The molecule has 0 unspecified atom stereocenters. The predicted molar refractivity (Wildman–Crippen MR) is 97.9 cm³/mol. The number of benzene rings is 1. The molecule has 0 aliphatic heterocycles. The fraction of sp³-hybridized carbons (Fsp3) is 0.235. The highest BCUT2D eigenvalue weighted by molar-refractivity contribution is 7.18. The van der Waals surface area contributed by atoms with Crippen molar-refractivity contribution in [2.45, 2.75) is 13.8 Å². The first kappa shape index (κ1) is 16.4. The van der Waals surface area contributed by atoms with Crippen molar-refractivity contribution >= 4 is 28.0 Å². The third-order valence-electron chi connectivity index (χ3n) is 3.27. The van der Waals surface area contributed by atoms with E-state index in [1.807, 2.05) is 6.07 Å². The molecule has 0 amide bonds. The molecular formula is C17H19N5OS. The number of anilines is 3. The van der Waals surface area contributed by atoms with Crippen molar-refractivity contribution < 1.29 is 5.11 Å². The van der Waals surface area contributed by atoms with Gasteiger partial charge < -0.3 is 15.7 Å². The summed E-state index contributed by atoms with van der Waals surface area (Å²) in [6.45, 7) is 4.72. The maximum Gasteiger partial charge on any atom is 0.227 e. The van der Waals surface area contributed by atoms with Crippen LogP contribution in [0.3, 0.4) is 0 Å². The fourth-order valence-electron chi connectivity index (χ4n) is 2.37. The Morgan fingerprint density at radius 2 is 1.92 bits per heavy atom. The maximum atomic E-state index is 8.86. The molecule has 3 aromatic rings. The molecule has 3 rings (SSSR count). The zero-order valence-corrected chi connectivity index (χ0v) is 14.4. The largest absolute Gasteiger partial charge is 0.395 e. The molecule has 0 saturated heterocycles. The minimum atomic E-state index is 0.0880. The molecule has 0 atom stereocenters. The van der Waals surface area contributed by atoms with Gasteiger partial charge >= 0.3 is 0 Å². The molecule has 6 nitrogen and oxygen atoms in total. The number of rotatable bonds is 6. The quantitative estimate of drug-likeness (QED) is 0.638. The summed E-state index contributed by atoms with van der Waals surface area (Å²) in [7, 11) is 0. The van der Waals surface area contributed by atoms with E-state index in [1.165, 1.54) is 22.5 Å². The van der Waals surface area contributed by atoms with Crippen LogP contribution in [-0.2, 0) is 0 Å². The molecule has 24 heavy (non-hydrogen) atoms. The van der Waals surface area contributed by atoms with Crippen LogP contribution in [0.2, 0.25) is 0 Å². The van der Waals surface area contributed by atoms with Crippen LogP contribution in [-0.4, -0.2) is 33.2 Å². The molecule has 0 fully saturated rings. The van der Waals surface area contributed by atoms with Crippen molar-refractivity contribution in [2.24, 2.45) is 0 Å². The highest BCUT2D eigenvalue weighted by Gasteiger charge is 2.08. The van der Waals surface area contributed by atoms with E-state index in [0.29, 0.717) is 12.5 Å². The SMILES string of the molecule is Cc1cc(C)cc(Nc2nccc(-c3ncc(NCCO)s3)n2)c1. The van der Waals surface area contributed by atoms with E-state index >= 15 is 0 Å². The molecule has 2 aromatic heterocycles. The lowest BCUT2D eigenvalue weighted by atomic mass is 10.1. The van der Waals surface area contributed by atoms with E-state index in [1.54, 1.807) is 12.4 Å². The van der Waals surface area contributed by atoms with E-state index < -0.39 is 0 Å².